The highest BCUT2D eigenvalue weighted by atomic mass is 19.1. The average Bonchev–Trinajstić information content (AvgIpc) is 2.42. The molecule has 2 aromatic rings. The molecule has 0 aromatic heterocycles. The molecule has 0 atom stereocenters. The quantitative estimate of drug-likeness (QED) is 0.516. The van der Waals surface area contributed by atoms with Crippen LogP contribution >= 0.6 is 0 Å². The second-order valence-electron chi connectivity index (χ2n) is 4.38. The number of hydrogen-bond acceptors (Lipinski definition) is 4. The van der Waals surface area contributed by atoms with Crippen LogP contribution in [-0.2, 0) is 0 Å². The molecule has 0 bridgehead atoms. The summed E-state index contributed by atoms with van der Waals surface area (Å²) in [7, 11) is 0. The second-order valence-corrected chi connectivity index (χ2v) is 4.38. The first-order chi connectivity index (χ1) is 9.88. The van der Waals surface area contributed by atoms with Crippen LogP contribution in [-0.4, -0.2) is 15.9 Å². The maximum atomic E-state index is 13.2. The normalized spacial score (nSPS) is 10.2. The smallest absolute Gasteiger partial charge is 0.269 e. The minimum atomic E-state index is -0.853. The Labute approximate surface area is 119 Å². The van der Waals surface area contributed by atoms with Crippen LogP contribution in [0, 0.1) is 22.9 Å². The number of benzene rings is 2. The minimum absolute atomic E-state index is 0.111. The minimum Gasteiger partial charge on any atom is -0.505 e. The number of phenolic OH excluding ortho intramolecular Hbond substituents is 1. The van der Waals surface area contributed by atoms with Crippen molar-refractivity contribution in [2.24, 2.45) is 0 Å². The lowest BCUT2D eigenvalue weighted by Gasteiger charge is -2.08. The first-order valence-corrected chi connectivity index (χ1v) is 5.93. The Morgan fingerprint density at radius 1 is 1.29 bits per heavy atom. The number of rotatable bonds is 3. The number of nitrogens with zero attached hydrogens (tertiary/aromatic N) is 1. The lowest BCUT2D eigenvalue weighted by molar-refractivity contribution is -0.384. The molecule has 0 radical (unpaired) electrons. The number of anilines is 1. The summed E-state index contributed by atoms with van der Waals surface area (Å²) in [6, 6.07) is 7.28. The predicted octanol–water partition coefficient (Wildman–Crippen LogP) is 3.00. The number of carbonyl (C=O) groups is 1. The van der Waals surface area contributed by atoms with Crippen LogP contribution < -0.4 is 5.32 Å². The largest absolute Gasteiger partial charge is 0.505 e. The molecule has 0 unspecified atom stereocenters. The first-order valence-electron chi connectivity index (χ1n) is 5.93. The van der Waals surface area contributed by atoms with E-state index in [0.29, 0.717) is 5.56 Å². The van der Waals surface area contributed by atoms with Gasteiger partial charge in [0.1, 0.15) is 0 Å². The van der Waals surface area contributed by atoms with Gasteiger partial charge in [0.25, 0.3) is 11.6 Å². The van der Waals surface area contributed by atoms with Crippen LogP contribution in [0.1, 0.15) is 15.9 Å². The third-order valence-corrected chi connectivity index (χ3v) is 2.87. The van der Waals surface area contributed by atoms with E-state index < -0.39 is 22.4 Å². The molecule has 2 rings (SSSR count). The Kier molecular flexibility index (Phi) is 3.84. The van der Waals surface area contributed by atoms with Gasteiger partial charge in [0.15, 0.2) is 11.6 Å². The molecular weight excluding hydrogens is 279 g/mol. The van der Waals surface area contributed by atoms with Gasteiger partial charge in [-0.2, -0.15) is 0 Å². The fraction of sp³-hybridized carbons (Fsp3) is 0.0714. The van der Waals surface area contributed by atoms with Crippen LogP contribution in [0.25, 0.3) is 0 Å². The van der Waals surface area contributed by atoms with Crippen molar-refractivity contribution in [1.82, 2.24) is 0 Å². The maximum Gasteiger partial charge on any atom is 0.269 e. The lowest BCUT2D eigenvalue weighted by Crippen LogP contribution is -2.13. The number of halogens is 1. The van der Waals surface area contributed by atoms with E-state index in [2.05, 4.69) is 5.32 Å². The van der Waals surface area contributed by atoms with Gasteiger partial charge in [-0.15, -0.1) is 0 Å². The number of carbonyl (C=O) groups excluding carboxylic acids is 1. The number of hydrogen-bond donors (Lipinski definition) is 2. The summed E-state index contributed by atoms with van der Waals surface area (Å²) in [5.41, 5.74) is 0.739. The molecule has 0 aliphatic rings. The van der Waals surface area contributed by atoms with E-state index in [1.54, 1.807) is 6.92 Å². The zero-order chi connectivity index (χ0) is 15.6. The molecule has 0 saturated carbocycles. The van der Waals surface area contributed by atoms with Crippen molar-refractivity contribution in [1.29, 1.82) is 0 Å². The van der Waals surface area contributed by atoms with Crippen LogP contribution in [0.3, 0.4) is 0 Å². The molecule has 0 spiro atoms. The predicted molar refractivity (Wildman–Crippen MR) is 73.9 cm³/mol. The summed E-state index contributed by atoms with van der Waals surface area (Å²) in [4.78, 5) is 22.1. The van der Waals surface area contributed by atoms with Crippen LogP contribution in [0.4, 0.5) is 15.8 Å². The van der Waals surface area contributed by atoms with Crippen molar-refractivity contribution >= 4 is 17.3 Å². The van der Waals surface area contributed by atoms with Gasteiger partial charge < -0.3 is 10.4 Å². The van der Waals surface area contributed by atoms with Gasteiger partial charge in [0, 0.05) is 29.4 Å². The fourth-order valence-electron chi connectivity index (χ4n) is 1.80. The molecule has 2 aromatic carbocycles. The van der Waals surface area contributed by atoms with Crippen LogP contribution in [0.5, 0.6) is 5.75 Å². The fourth-order valence-corrected chi connectivity index (χ4v) is 1.80. The number of nitro benzene ring substituents is 1. The number of aromatic hydroxyl groups is 1. The van der Waals surface area contributed by atoms with E-state index in [-0.39, 0.29) is 16.9 Å². The van der Waals surface area contributed by atoms with Gasteiger partial charge in [-0.05, 0) is 30.7 Å². The zero-order valence-electron chi connectivity index (χ0n) is 11.0. The van der Waals surface area contributed by atoms with E-state index in [0.717, 1.165) is 12.1 Å². The van der Waals surface area contributed by atoms with Crippen molar-refractivity contribution in [3.8, 4) is 5.75 Å². The molecule has 0 saturated heterocycles. The molecule has 0 heterocycles. The number of non-ortho nitro benzene ring substituents is 1. The first kappa shape index (κ1) is 14.4. The third-order valence-electron chi connectivity index (χ3n) is 2.87. The van der Waals surface area contributed by atoms with Gasteiger partial charge in [0.05, 0.1) is 4.92 Å². The molecule has 2 N–H and O–H groups in total. The molecular formula is C14H11FN2O4. The Hall–Kier alpha value is -2.96. The van der Waals surface area contributed by atoms with E-state index in [1.165, 1.54) is 24.3 Å². The summed E-state index contributed by atoms with van der Waals surface area (Å²) in [6.45, 7) is 1.57. The topological polar surface area (TPSA) is 92.5 Å². The number of nitro groups is 1. The highest BCUT2D eigenvalue weighted by molar-refractivity contribution is 6.05. The Morgan fingerprint density at radius 3 is 2.57 bits per heavy atom. The van der Waals surface area contributed by atoms with Crippen molar-refractivity contribution < 1.29 is 19.2 Å². The Balaban J connectivity index is 2.24. The molecule has 6 nitrogen and oxygen atoms in total. The number of amides is 1. The lowest BCUT2D eigenvalue weighted by atomic mass is 10.1. The van der Waals surface area contributed by atoms with Crippen LogP contribution in [0.15, 0.2) is 36.4 Å². The molecule has 0 aliphatic heterocycles. The summed E-state index contributed by atoms with van der Waals surface area (Å²) in [5, 5.41) is 22.2. The van der Waals surface area contributed by atoms with Crippen molar-refractivity contribution in [2.45, 2.75) is 6.92 Å². The average molecular weight is 290 g/mol. The molecule has 0 aliphatic carbocycles. The van der Waals surface area contributed by atoms with Crippen molar-refractivity contribution in [2.75, 3.05) is 5.32 Å². The van der Waals surface area contributed by atoms with E-state index >= 15 is 0 Å². The summed E-state index contributed by atoms with van der Waals surface area (Å²) in [5.74, 6) is -1.89. The van der Waals surface area contributed by atoms with Gasteiger partial charge in [0.2, 0.25) is 0 Å². The molecule has 108 valence electrons. The van der Waals surface area contributed by atoms with E-state index in [4.69, 9.17) is 5.11 Å². The number of aryl methyl sites for hydroxylation is 1. The monoisotopic (exact) mass is 290 g/mol. The molecule has 0 fully saturated rings. The van der Waals surface area contributed by atoms with Crippen LogP contribution in [0.2, 0.25) is 0 Å². The van der Waals surface area contributed by atoms with E-state index in [1.807, 2.05) is 0 Å². The van der Waals surface area contributed by atoms with Gasteiger partial charge >= 0.3 is 0 Å². The summed E-state index contributed by atoms with van der Waals surface area (Å²) in [6.07, 6.45) is 0. The Bertz CT molecular complexity index is 731. The highest BCUT2D eigenvalue weighted by Crippen LogP contribution is 2.21. The zero-order valence-corrected chi connectivity index (χ0v) is 11.0. The SMILES string of the molecule is Cc1cc([N+](=O)[O-])ccc1C(=O)Nc1ccc(O)c(F)c1. The van der Waals surface area contributed by atoms with Gasteiger partial charge in [-0.25, -0.2) is 4.39 Å². The number of nitrogens with one attached hydrogen (secondary N) is 1. The second kappa shape index (κ2) is 5.58. The standard InChI is InChI=1S/C14H11FN2O4/c1-8-6-10(17(20)21)3-4-11(8)14(19)16-9-2-5-13(18)12(15)7-9/h2-7,18H,1H3,(H,16,19). The molecule has 1 amide bonds. The van der Waals surface area contributed by atoms with Crippen molar-refractivity contribution in [3.05, 3.63) is 63.5 Å². The van der Waals surface area contributed by atoms with Crippen molar-refractivity contribution in [3.63, 3.8) is 0 Å². The molecule has 21 heavy (non-hydrogen) atoms. The highest BCUT2D eigenvalue weighted by Gasteiger charge is 2.14. The summed E-state index contributed by atoms with van der Waals surface area (Å²) >= 11 is 0. The van der Waals surface area contributed by atoms with E-state index in [9.17, 15) is 19.3 Å². The van der Waals surface area contributed by atoms with Gasteiger partial charge in [-0.3, -0.25) is 14.9 Å². The Morgan fingerprint density at radius 2 is 2.00 bits per heavy atom. The molecule has 7 heteroatoms. The maximum absolute atomic E-state index is 13.2. The summed E-state index contributed by atoms with van der Waals surface area (Å²) < 4.78 is 13.2. The number of phenols is 1. The third kappa shape index (κ3) is 3.14. The van der Waals surface area contributed by atoms with Gasteiger partial charge in [-0.1, -0.05) is 0 Å².